The minimum Gasteiger partial charge on any atom is -0.481 e. The summed E-state index contributed by atoms with van der Waals surface area (Å²) in [5.41, 5.74) is 0.864. The fraction of sp³-hybridized carbons (Fsp3) is 0.484. The number of aliphatic imine (C=N–C) groups is 1. The number of aromatic nitrogens is 2. The number of nitrogens with zero attached hydrogens (tertiary/aromatic N) is 11. The van der Waals surface area contributed by atoms with Gasteiger partial charge in [-0.05, 0) is 152 Å². The monoisotopic (exact) mass is 2130 g/mol. The zero-order valence-electron chi connectivity index (χ0n) is 79.4. The van der Waals surface area contributed by atoms with Gasteiger partial charge in [0.1, 0.15) is 133 Å². The molecule has 1 unspecified atom stereocenters. The van der Waals surface area contributed by atoms with Crippen molar-refractivity contribution in [3.05, 3.63) is 146 Å². The molecule has 0 bridgehead atoms. The number of ether oxygens (including phenoxy) is 1. The standard InChI is InChI=1S/C23H27N5O7S.C19H17Cl2N3O5S.C19H17ClFN3O5S.C17H20N2O5S.C15H23N3O3S/c1-4-26-10-11-27(19(32)18(26)31)22(35)25-13(12-8-6-5-7-9-12)16(29)24-14-17(30)28-15(21(33)34)23(2,3)36-20(14)28;2*1-7-10(12(23-29-7)11-8(20)5-4-6-9(11)21)15(25)22-13-16(26)24-14(18(27)28)19(2,3)30-17(13)24;1-9(24-10-7-5-4-6-8-10)13(20)18-11-14(21)19-12(16(22)23)17(2,3)25-15(11)19;1-15(2)11(14(20)21)18-12(19)10(13(18)22-15)16-9-17-7-5-3-4-6-8-17/h5-9,13-15,20H,4,10-11H2,1-3H3,(H,24,29)(H,25,35)(H,33,34);2*4-6,13-14,17H,1-3H3,(H,22,25)(H,27,28);4-9,11-12,15H,1-3H3,(H,18,20)(H,22,23);9-11,13H,3-8H2,1-2H3,(H,20,21)/t13-,14-,15+,20-;2*13-,14+,17-;9?,11-,12+,15-;10-,11+,13-/m11111/s1. The summed E-state index contributed by atoms with van der Waals surface area (Å²) < 4.78 is 27.0. The van der Waals surface area contributed by atoms with Crippen LogP contribution in [0.3, 0.4) is 0 Å². The number of nitrogens with one attached hydrogen (secondary N) is 5. The molecule has 17 atom stereocenters. The number of aryl methyl sites for hydroxylation is 2. The Labute approximate surface area is 854 Å². The summed E-state index contributed by atoms with van der Waals surface area (Å²) in [7, 11) is 0. The van der Waals surface area contributed by atoms with Crippen LogP contribution >= 0.6 is 93.6 Å². The van der Waals surface area contributed by atoms with Gasteiger partial charge in [-0.25, -0.2) is 33.2 Å². The van der Waals surface area contributed by atoms with Crippen LogP contribution in [0.25, 0.3) is 22.5 Å². The number of fused-ring (bicyclic) bond motifs is 5. The van der Waals surface area contributed by atoms with Crippen molar-refractivity contribution in [1.29, 1.82) is 0 Å². The molecule has 6 aromatic rings. The molecule has 0 saturated carbocycles. The third-order valence-corrected chi connectivity index (χ3v) is 34.9. The molecule has 18 rings (SSSR count). The summed E-state index contributed by atoms with van der Waals surface area (Å²) >= 11 is 25.5. The van der Waals surface area contributed by atoms with E-state index in [-0.39, 0.29) is 80.3 Å². The lowest BCUT2D eigenvalue weighted by atomic mass is 9.95. The van der Waals surface area contributed by atoms with Gasteiger partial charge in [-0.1, -0.05) is 119 Å². The maximum absolute atomic E-state index is 14.4. The molecular formula is C93H104Cl3FN16O25S5. The molecule has 50 heteroatoms. The highest BCUT2D eigenvalue weighted by Crippen LogP contribution is 2.56. The van der Waals surface area contributed by atoms with Gasteiger partial charge in [-0.2, -0.15) is 0 Å². The Morgan fingerprint density at radius 3 is 1.24 bits per heavy atom. The first-order chi connectivity index (χ1) is 67.2. The first-order valence-electron chi connectivity index (χ1n) is 45.3. The van der Waals surface area contributed by atoms with Crippen LogP contribution in [0.5, 0.6) is 5.75 Å². The second-order valence-electron chi connectivity index (χ2n) is 37.9. The van der Waals surface area contributed by atoms with Crippen molar-refractivity contribution >= 4 is 201 Å². The van der Waals surface area contributed by atoms with E-state index in [0.717, 1.165) is 18.0 Å². The van der Waals surface area contributed by atoms with Crippen molar-refractivity contribution < 1.29 is 125 Å². The minimum atomic E-state index is -1.26. The van der Waals surface area contributed by atoms with E-state index in [2.05, 4.69) is 46.8 Å². The summed E-state index contributed by atoms with van der Waals surface area (Å²) in [5, 5.41) is 66.9. The number of carbonyl (C=O) groups is 17. The molecule has 10 N–H and O–H groups in total. The molecule has 12 aliphatic heterocycles. The second kappa shape index (κ2) is 41.7. The average molecular weight is 2130 g/mol. The Morgan fingerprint density at radius 2 is 0.839 bits per heavy atom. The van der Waals surface area contributed by atoms with E-state index in [1.54, 1.807) is 161 Å². The van der Waals surface area contributed by atoms with Crippen LogP contribution < -0.4 is 31.3 Å². The van der Waals surface area contributed by atoms with E-state index >= 15 is 0 Å². The quantitative estimate of drug-likeness (QED) is 0.0133. The number of carboxylic acids is 5. The third kappa shape index (κ3) is 20.6. The van der Waals surface area contributed by atoms with Crippen LogP contribution in [0.1, 0.15) is 153 Å². The van der Waals surface area contributed by atoms with Crippen molar-refractivity contribution in [2.75, 3.05) is 32.7 Å². The SMILES string of the molecule is CC(Oc1ccccc1)C(=O)N[C@@H]1C(=O)N2[C@@H]1SC(C)(C)[C@@H]2C(=O)O.CC1(C)S[C@@H]2[C@H](N=CN3CCCCCC3)C(=O)N2[C@H]1C(=O)O.CCN1CCN(C(=O)N[C@@H](C(=O)N[C@@H]2C(=O)N3[C@@H]2SC(C)(C)[C@@H]3C(=O)O)c2ccccc2)C(=O)C1=O.Cc1onc(-c2c(Cl)cccc2Cl)c1C(=O)N[C@@H]1C(=O)N2[C@@H]1SC(C)(C)[C@@H]2C(=O)O.Cc1onc(-c2c(F)cccc2Cl)c1C(=O)N[C@@H]1C(=O)N2[C@@H]1SC(C)(C)[C@@H]2C(=O)O. The van der Waals surface area contributed by atoms with Gasteiger partial charge in [0.05, 0.1) is 27.0 Å². The number of urea groups is 1. The molecule has 764 valence electrons. The van der Waals surface area contributed by atoms with E-state index in [9.17, 15) is 111 Å². The maximum atomic E-state index is 14.4. The predicted molar refractivity (Wildman–Crippen MR) is 524 cm³/mol. The third-order valence-electron chi connectivity index (χ3n) is 26.1. The number of aliphatic carboxylic acids is 5. The largest absolute Gasteiger partial charge is 0.481 e. The zero-order chi connectivity index (χ0) is 105. The predicted octanol–water partition coefficient (Wildman–Crippen LogP) is 8.14. The van der Waals surface area contributed by atoms with Crippen molar-refractivity contribution in [1.82, 2.24) is 76.1 Å². The fourth-order valence-corrected chi connectivity index (χ4v) is 28.1. The number of halogens is 4. The molecule has 0 spiro atoms. The summed E-state index contributed by atoms with van der Waals surface area (Å²) in [6.45, 7) is 26.7. The molecule has 41 nitrogen and oxygen atoms in total. The molecule has 12 saturated heterocycles. The Morgan fingerprint density at radius 1 is 0.476 bits per heavy atom. The van der Waals surface area contributed by atoms with Crippen LogP contribution in [0.4, 0.5) is 9.18 Å². The van der Waals surface area contributed by atoms with Gasteiger partial charge in [-0.3, -0.25) is 62.6 Å². The molecule has 12 fully saturated rings. The van der Waals surface area contributed by atoms with E-state index in [0.29, 0.717) is 33.5 Å². The number of carbonyl (C=O) groups excluding carboxylic acids is 12. The number of piperazine rings is 1. The number of benzene rings is 4. The van der Waals surface area contributed by atoms with Gasteiger partial charge in [0.25, 0.3) is 23.6 Å². The van der Waals surface area contributed by atoms with Gasteiger partial charge < -0.3 is 100 Å². The summed E-state index contributed by atoms with van der Waals surface area (Å²) in [5.74, 6) is -11.1. The van der Waals surface area contributed by atoms with Crippen LogP contribution in [0.15, 0.2) is 111 Å². The van der Waals surface area contributed by atoms with Crippen LogP contribution in [-0.2, 0) is 67.1 Å². The summed E-state index contributed by atoms with van der Waals surface area (Å²) in [6.07, 6.45) is 5.90. The Bertz CT molecular complexity index is 5960. The van der Waals surface area contributed by atoms with Crippen LogP contribution in [0, 0.1) is 19.7 Å². The van der Waals surface area contributed by atoms with Crippen LogP contribution in [0.2, 0.25) is 15.1 Å². The summed E-state index contributed by atoms with van der Waals surface area (Å²) in [6, 6.07) is 15.5. The Balaban J connectivity index is 0.000000143. The number of amides is 13. The van der Waals surface area contributed by atoms with Gasteiger partial charge in [0.15, 0.2) is 12.1 Å². The number of carboxylic acid groups (broad SMARTS) is 5. The number of hydrogen-bond donors (Lipinski definition) is 10. The van der Waals surface area contributed by atoms with Gasteiger partial charge in [-0.15, -0.1) is 58.8 Å². The van der Waals surface area contributed by atoms with Crippen molar-refractivity contribution in [2.45, 2.75) is 246 Å². The lowest BCUT2D eigenvalue weighted by Crippen LogP contribution is -2.71. The highest BCUT2D eigenvalue weighted by molar-refractivity contribution is 8.02. The number of β-lactam (4-membered cyclic amide) rings is 5. The molecule has 4 aromatic carbocycles. The molecular weight excluding hydrogens is 2030 g/mol. The smallest absolute Gasteiger partial charge is 0.327 e. The fourth-order valence-electron chi connectivity index (χ4n) is 19.2. The lowest BCUT2D eigenvalue weighted by molar-refractivity contribution is -0.161. The number of rotatable bonds is 22. The average Bonchev–Trinajstić information content (AvgIpc) is 1.60. The van der Waals surface area contributed by atoms with E-state index < -0.39 is 207 Å². The van der Waals surface area contributed by atoms with Crippen molar-refractivity contribution in [3.63, 3.8) is 0 Å². The maximum Gasteiger partial charge on any atom is 0.327 e. The first kappa shape index (κ1) is 107. The van der Waals surface area contributed by atoms with E-state index in [1.807, 2.05) is 26.3 Å². The number of likely N-dealkylation sites (tertiary alicyclic amines) is 1. The first-order valence-corrected chi connectivity index (χ1v) is 50.9. The topological polar surface area (TPSA) is 551 Å². The van der Waals surface area contributed by atoms with E-state index in [1.165, 1.54) is 127 Å². The highest BCUT2D eigenvalue weighted by atomic mass is 35.5. The number of imide groups is 1. The molecule has 13 amide bonds. The molecule has 143 heavy (non-hydrogen) atoms. The molecule has 12 aliphatic rings. The Hall–Kier alpha value is -11.9. The highest BCUT2D eigenvalue weighted by Gasteiger charge is 2.70. The second-order valence-corrected chi connectivity index (χ2v) is 47.9. The van der Waals surface area contributed by atoms with Crippen molar-refractivity contribution in [3.8, 4) is 28.3 Å². The Kier molecular flexibility index (Phi) is 31.2. The van der Waals surface area contributed by atoms with Crippen molar-refractivity contribution in [2.24, 2.45) is 4.99 Å². The number of hydrogen-bond acceptors (Lipinski definition) is 28. The molecule has 2 aromatic heterocycles. The van der Waals surface area contributed by atoms with E-state index in [4.69, 9.17) is 48.6 Å². The zero-order valence-corrected chi connectivity index (χ0v) is 85.7. The van der Waals surface area contributed by atoms with Gasteiger partial charge in [0.2, 0.25) is 29.5 Å². The number of likely N-dealkylation sites (N-methyl/N-ethyl adjacent to an activating group) is 1. The number of para-hydroxylation sites is 1. The van der Waals surface area contributed by atoms with Crippen LogP contribution in [-0.4, -0.2) is 332 Å². The lowest BCUT2D eigenvalue weighted by Gasteiger charge is -2.44. The molecule has 0 radical (unpaired) electrons. The minimum absolute atomic E-state index is 0.0200. The summed E-state index contributed by atoms with van der Waals surface area (Å²) in [4.78, 5) is 225. The van der Waals surface area contributed by atoms with Gasteiger partial charge in [0, 0.05) is 62.0 Å². The normalized spacial score (nSPS) is 26.9. The number of thioether (sulfide) groups is 5. The molecule has 14 heterocycles. The van der Waals surface area contributed by atoms with Gasteiger partial charge >= 0.3 is 47.7 Å². The molecule has 0 aliphatic carbocycles.